The predicted octanol–water partition coefficient (Wildman–Crippen LogP) is 2.93. The molecule has 2 rings (SSSR count). The number of halogens is 1. The fourth-order valence-corrected chi connectivity index (χ4v) is 4.05. The van der Waals surface area contributed by atoms with Crippen molar-refractivity contribution >= 4 is 21.4 Å². The molecule has 2 N–H and O–H groups in total. The number of anilines is 2. The number of nitrogens with zero attached hydrogens (tertiary/aromatic N) is 1. The van der Waals surface area contributed by atoms with E-state index in [1.54, 1.807) is 38.1 Å². The van der Waals surface area contributed by atoms with Gasteiger partial charge in [-0.15, -0.1) is 0 Å². The molecule has 0 fully saturated rings. The number of nitrogens with two attached hydrogens (primary N) is 1. The monoisotopic (exact) mass is 308 g/mol. The minimum absolute atomic E-state index is 0.0658. The molecule has 0 aliphatic rings. The molecular weight excluding hydrogens is 291 g/mol. The van der Waals surface area contributed by atoms with E-state index in [1.807, 2.05) is 0 Å². The van der Waals surface area contributed by atoms with Gasteiger partial charge >= 0.3 is 0 Å². The molecule has 112 valence electrons. The number of benzene rings is 2. The summed E-state index contributed by atoms with van der Waals surface area (Å²) in [5, 5.41) is 0. The lowest BCUT2D eigenvalue weighted by Crippen LogP contribution is -2.32. The van der Waals surface area contributed by atoms with Crippen molar-refractivity contribution in [3.63, 3.8) is 0 Å². The fraction of sp³-hybridized carbons (Fsp3) is 0.200. The minimum atomic E-state index is -3.84. The van der Waals surface area contributed by atoms with Crippen molar-refractivity contribution < 1.29 is 12.8 Å². The Kier molecular flexibility index (Phi) is 4.18. The molecule has 0 bridgehead atoms. The third-order valence-electron chi connectivity index (χ3n) is 3.17. The highest BCUT2D eigenvalue weighted by Gasteiger charge is 2.27. The van der Waals surface area contributed by atoms with Crippen LogP contribution in [0, 0.1) is 12.7 Å². The van der Waals surface area contributed by atoms with E-state index in [0.717, 1.165) is 4.31 Å². The van der Waals surface area contributed by atoms with Gasteiger partial charge in [-0.25, -0.2) is 12.8 Å². The first-order valence-electron chi connectivity index (χ1n) is 6.51. The fourth-order valence-electron chi connectivity index (χ4n) is 2.26. The summed E-state index contributed by atoms with van der Waals surface area (Å²) in [5.41, 5.74) is 6.85. The van der Waals surface area contributed by atoms with E-state index in [4.69, 9.17) is 5.73 Å². The molecule has 0 heterocycles. The zero-order chi connectivity index (χ0) is 15.6. The first kappa shape index (κ1) is 15.3. The summed E-state index contributed by atoms with van der Waals surface area (Å²) < 4.78 is 40.2. The van der Waals surface area contributed by atoms with Crippen LogP contribution in [0.2, 0.25) is 0 Å². The predicted molar refractivity (Wildman–Crippen MR) is 82.2 cm³/mol. The largest absolute Gasteiger partial charge is 0.398 e. The molecule has 0 aromatic heterocycles. The topological polar surface area (TPSA) is 63.4 Å². The van der Waals surface area contributed by atoms with E-state index in [0.29, 0.717) is 5.56 Å². The lowest BCUT2D eigenvalue weighted by Gasteiger charge is -2.24. The average Bonchev–Trinajstić information content (AvgIpc) is 2.38. The summed E-state index contributed by atoms with van der Waals surface area (Å²) in [6.07, 6.45) is 0. The number of rotatable bonds is 4. The molecule has 0 unspecified atom stereocenters. The third kappa shape index (κ3) is 2.85. The van der Waals surface area contributed by atoms with Crippen LogP contribution in [0.15, 0.2) is 47.4 Å². The molecule has 6 heteroatoms. The van der Waals surface area contributed by atoms with Gasteiger partial charge in [-0.3, -0.25) is 4.31 Å². The maximum atomic E-state index is 13.4. The number of aryl methyl sites for hydroxylation is 1. The molecule has 0 radical (unpaired) electrons. The first-order chi connectivity index (χ1) is 9.87. The van der Waals surface area contributed by atoms with Crippen LogP contribution in [0.3, 0.4) is 0 Å². The van der Waals surface area contributed by atoms with Crippen molar-refractivity contribution in [2.75, 3.05) is 16.6 Å². The van der Waals surface area contributed by atoms with Gasteiger partial charge in [0.25, 0.3) is 10.0 Å². The Balaban J connectivity index is 2.61. The van der Waals surface area contributed by atoms with Crippen molar-refractivity contribution in [3.05, 3.63) is 53.8 Å². The van der Waals surface area contributed by atoms with Gasteiger partial charge in [0.05, 0.1) is 11.4 Å². The zero-order valence-electron chi connectivity index (χ0n) is 11.9. The van der Waals surface area contributed by atoms with Crippen LogP contribution in [0.5, 0.6) is 0 Å². The smallest absolute Gasteiger partial charge is 0.266 e. The van der Waals surface area contributed by atoms with E-state index in [1.165, 1.54) is 18.2 Å². The van der Waals surface area contributed by atoms with Gasteiger partial charge in [-0.1, -0.05) is 18.2 Å². The number of hydrogen-bond donors (Lipinski definition) is 1. The normalized spacial score (nSPS) is 11.4. The standard InChI is InChI=1S/C15H17FN2O2S/c1-3-18(13-8-5-7-12(16)10-13)21(19,20)15-11(2)6-4-9-14(15)17/h4-10H,3,17H2,1-2H3. The Morgan fingerprint density at radius 3 is 2.43 bits per heavy atom. The highest BCUT2D eigenvalue weighted by molar-refractivity contribution is 7.93. The molecular formula is C15H17FN2O2S. The quantitative estimate of drug-likeness (QED) is 0.883. The van der Waals surface area contributed by atoms with E-state index in [9.17, 15) is 12.8 Å². The lowest BCUT2D eigenvalue weighted by molar-refractivity contribution is 0.591. The summed E-state index contributed by atoms with van der Waals surface area (Å²) in [6.45, 7) is 3.55. The molecule has 21 heavy (non-hydrogen) atoms. The van der Waals surface area contributed by atoms with Gasteiger partial charge in [-0.05, 0) is 43.7 Å². The summed E-state index contributed by atoms with van der Waals surface area (Å²) in [5.74, 6) is -0.487. The van der Waals surface area contributed by atoms with Crippen molar-refractivity contribution in [2.45, 2.75) is 18.7 Å². The van der Waals surface area contributed by atoms with Crippen molar-refractivity contribution in [1.82, 2.24) is 0 Å². The zero-order valence-corrected chi connectivity index (χ0v) is 12.7. The molecule has 0 saturated carbocycles. The molecule has 2 aromatic rings. The Morgan fingerprint density at radius 2 is 1.86 bits per heavy atom. The van der Waals surface area contributed by atoms with Crippen molar-refractivity contribution in [1.29, 1.82) is 0 Å². The Morgan fingerprint density at radius 1 is 1.19 bits per heavy atom. The highest BCUT2D eigenvalue weighted by atomic mass is 32.2. The van der Waals surface area contributed by atoms with Gasteiger partial charge in [0, 0.05) is 6.54 Å². The van der Waals surface area contributed by atoms with Crippen molar-refractivity contribution in [2.24, 2.45) is 0 Å². The van der Waals surface area contributed by atoms with Crippen molar-refractivity contribution in [3.8, 4) is 0 Å². The van der Waals surface area contributed by atoms with Crippen LogP contribution < -0.4 is 10.0 Å². The molecule has 0 saturated heterocycles. The highest BCUT2D eigenvalue weighted by Crippen LogP contribution is 2.29. The second kappa shape index (κ2) is 5.73. The SMILES string of the molecule is CCN(c1cccc(F)c1)S(=O)(=O)c1c(C)cccc1N. The number of hydrogen-bond acceptors (Lipinski definition) is 3. The van der Waals surface area contributed by atoms with E-state index in [2.05, 4.69) is 0 Å². The Bertz CT molecular complexity index is 740. The molecule has 2 aromatic carbocycles. The number of nitrogen functional groups attached to an aromatic ring is 1. The van der Waals surface area contributed by atoms with Crippen LogP contribution in [0.4, 0.5) is 15.8 Å². The summed E-state index contributed by atoms with van der Waals surface area (Å²) >= 11 is 0. The lowest BCUT2D eigenvalue weighted by atomic mass is 10.2. The Labute approximate surface area is 124 Å². The summed E-state index contributed by atoms with van der Waals surface area (Å²) in [6, 6.07) is 10.4. The maximum Gasteiger partial charge on any atom is 0.266 e. The van der Waals surface area contributed by atoms with Gasteiger partial charge in [0.2, 0.25) is 0 Å². The molecule has 0 atom stereocenters. The second-order valence-corrected chi connectivity index (χ2v) is 6.44. The van der Waals surface area contributed by atoms with E-state index >= 15 is 0 Å². The van der Waals surface area contributed by atoms with Gasteiger partial charge in [-0.2, -0.15) is 0 Å². The number of sulfonamides is 1. The van der Waals surface area contributed by atoms with Crippen LogP contribution in [0.1, 0.15) is 12.5 Å². The molecule has 0 aliphatic carbocycles. The van der Waals surface area contributed by atoms with E-state index < -0.39 is 15.8 Å². The maximum absolute atomic E-state index is 13.4. The molecule has 0 spiro atoms. The summed E-state index contributed by atoms with van der Waals surface area (Å²) in [4.78, 5) is 0.0658. The second-order valence-electron chi connectivity index (χ2n) is 4.64. The minimum Gasteiger partial charge on any atom is -0.398 e. The summed E-state index contributed by atoms with van der Waals surface area (Å²) in [7, 11) is -3.84. The first-order valence-corrected chi connectivity index (χ1v) is 7.95. The van der Waals surface area contributed by atoms with Crippen LogP contribution in [0.25, 0.3) is 0 Å². The van der Waals surface area contributed by atoms with Gasteiger partial charge in [0.1, 0.15) is 10.7 Å². The van der Waals surface area contributed by atoms with Crippen LogP contribution >= 0.6 is 0 Å². The van der Waals surface area contributed by atoms with Gasteiger partial charge < -0.3 is 5.73 Å². The van der Waals surface area contributed by atoms with Crippen LogP contribution in [-0.4, -0.2) is 15.0 Å². The molecule has 4 nitrogen and oxygen atoms in total. The molecule has 0 aliphatic heterocycles. The van der Waals surface area contributed by atoms with E-state index in [-0.39, 0.29) is 22.8 Å². The molecule has 0 amide bonds. The average molecular weight is 308 g/mol. The Hall–Kier alpha value is -2.08. The third-order valence-corrected chi connectivity index (χ3v) is 5.30. The van der Waals surface area contributed by atoms with Gasteiger partial charge in [0.15, 0.2) is 0 Å². The van der Waals surface area contributed by atoms with Crippen LogP contribution in [-0.2, 0) is 10.0 Å².